The number of fused-ring (bicyclic) bond motifs is 1. The normalized spacial score (nSPS) is 15.2. The van der Waals surface area contributed by atoms with Gasteiger partial charge < -0.3 is 14.5 Å². The number of ether oxygens (including phenoxy) is 1. The van der Waals surface area contributed by atoms with E-state index in [4.69, 9.17) is 4.74 Å². The van der Waals surface area contributed by atoms with E-state index in [9.17, 15) is 31.5 Å². The summed E-state index contributed by atoms with van der Waals surface area (Å²) in [5.41, 5.74) is 0.515. The highest BCUT2D eigenvalue weighted by atomic mass is 19.4. The van der Waals surface area contributed by atoms with E-state index >= 15 is 0 Å². The number of benzene rings is 3. The van der Waals surface area contributed by atoms with Crippen molar-refractivity contribution in [3.8, 4) is 5.75 Å². The van der Waals surface area contributed by atoms with Crippen LogP contribution in [0.4, 0.5) is 27.6 Å². The van der Waals surface area contributed by atoms with Gasteiger partial charge in [-0.15, -0.1) is 0 Å². The van der Waals surface area contributed by atoms with Crippen molar-refractivity contribution in [2.24, 2.45) is 0 Å². The van der Waals surface area contributed by atoms with Crippen LogP contribution in [0.1, 0.15) is 30.0 Å². The Morgan fingerprint density at radius 2 is 1.61 bits per heavy atom. The van der Waals surface area contributed by atoms with Crippen molar-refractivity contribution in [3.63, 3.8) is 0 Å². The van der Waals surface area contributed by atoms with Crippen LogP contribution in [0.3, 0.4) is 0 Å². The molecule has 41 heavy (non-hydrogen) atoms. The predicted octanol–water partition coefficient (Wildman–Crippen LogP) is 5.65. The van der Waals surface area contributed by atoms with Crippen molar-refractivity contribution < 1.29 is 36.3 Å². The summed E-state index contributed by atoms with van der Waals surface area (Å²) in [6.45, 7) is 2.57. The lowest BCUT2D eigenvalue weighted by Crippen LogP contribution is -2.40. The van der Waals surface area contributed by atoms with Crippen molar-refractivity contribution in [3.05, 3.63) is 95.1 Å². The lowest BCUT2D eigenvalue weighted by Gasteiger charge is -2.28. The van der Waals surface area contributed by atoms with Gasteiger partial charge in [0.15, 0.2) is 18.2 Å². The van der Waals surface area contributed by atoms with Crippen LogP contribution >= 0.6 is 0 Å². The van der Waals surface area contributed by atoms with Crippen LogP contribution in [0.15, 0.2) is 66.7 Å². The van der Waals surface area contributed by atoms with Gasteiger partial charge in [-0.1, -0.05) is 36.4 Å². The first-order valence-corrected chi connectivity index (χ1v) is 13.1. The summed E-state index contributed by atoms with van der Waals surface area (Å²) >= 11 is 0. The monoisotopic (exact) mass is 575 g/mol. The van der Waals surface area contributed by atoms with E-state index < -0.39 is 35.9 Å². The van der Waals surface area contributed by atoms with Crippen molar-refractivity contribution >= 4 is 17.5 Å². The van der Waals surface area contributed by atoms with Gasteiger partial charge in [0.2, 0.25) is 5.91 Å². The smallest absolute Gasteiger partial charge is 0.416 e. The Morgan fingerprint density at radius 3 is 2.32 bits per heavy atom. The number of nitrogens with zero attached hydrogens (tertiary/aromatic N) is 3. The number of carbonyl (C=O) groups excluding carboxylic acids is 2. The molecule has 0 atom stereocenters. The minimum Gasteiger partial charge on any atom is -0.484 e. The van der Waals surface area contributed by atoms with Crippen LogP contribution in [0.25, 0.3) is 0 Å². The second-order valence-electron chi connectivity index (χ2n) is 9.81. The lowest BCUT2D eigenvalue weighted by molar-refractivity contribution is -0.137. The molecule has 2 amide bonds. The Balaban J connectivity index is 1.61. The Bertz CT molecular complexity index is 1370. The molecule has 0 unspecified atom stereocenters. The third-order valence-corrected chi connectivity index (χ3v) is 6.82. The van der Waals surface area contributed by atoms with Gasteiger partial charge in [0, 0.05) is 52.3 Å². The first-order valence-electron chi connectivity index (χ1n) is 13.1. The van der Waals surface area contributed by atoms with Crippen molar-refractivity contribution in [1.29, 1.82) is 0 Å². The Kier molecular flexibility index (Phi) is 9.59. The molecular formula is C30H30F5N3O3. The molecule has 1 aliphatic rings. The van der Waals surface area contributed by atoms with Gasteiger partial charge in [0.1, 0.15) is 5.75 Å². The number of alkyl halides is 3. The molecule has 0 aliphatic carbocycles. The second kappa shape index (κ2) is 13.1. The van der Waals surface area contributed by atoms with E-state index in [1.807, 2.05) is 30.3 Å². The molecule has 6 nitrogen and oxygen atoms in total. The maximum absolute atomic E-state index is 14.4. The lowest BCUT2D eigenvalue weighted by atomic mass is 10.1. The van der Waals surface area contributed by atoms with Gasteiger partial charge in [0.25, 0.3) is 5.91 Å². The molecule has 3 aromatic rings. The summed E-state index contributed by atoms with van der Waals surface area (Å²) in [6.07, 6.45) is -4.03. The van der Waals surface area contributed by atoms with Crippen molar-refractivity contribution in [2.45, 2.75) is 32.6 Å². The quantitative estimate of drug-likeness (QED) is 0.369. The highest BCUT2D eigenvalue weighted by molar-refractivity contribution is 5.92. The molecule has 1 aliphatic heterocycles. The van der Waals surface area contributed by atoms with Gasteiger partial charge >= 0.3 is 6.18 Å². The zero-order valence-electron chi connectivity index (χ0n) is 22.5. The first-order chi connectivity index (χ1) is 19.5. The maximum Gasteiger partial charge on any atom is 0.416 e. The average Bonchev–Trinajstić information content (AvgIpc) is 2.96. The van der Waals surface area contributed by atoms with Gasteiger partial charge in [0.05, 0.1) is 11.3 Å². The van der Waals surface area contributed by atoms with Gasteiger partial charge in [-0.2, -0.15) is 13.2 Å². The van der Waals surface area contributed by atoms with Crippen molar-refractivity contribution in [2.75, 3.05) is 37.7 Å². The van der Waals surface area contributed by atoms with Crippen LogP contribution in [0, 0.1) is 11.6 Å². The second-order valence-corrected chi connectivity index (χ2v) is 9.81. The van der Waals surface area contributed by atoms with E-state index in [1.165, 1.54) is 28.9 Å². The van der Waals surface area contributed by atoms with E-state index in [-0.39, 0.29) is 42.5 Å². The minimum atomic E-state index is -4.57. The number of rotatable bonds is 5. The minimum absolute atomic E-state index is 0.131. The Morgan fingerprint density at radius 1 is 0.878 bits per heavy atom. The number of carbonyl (C=O) groups is 2. The van der Waals surface area contributed by atoms with Crippen LogP contribution in [0.2, 0.25) is 0 Å². The van der Waals surface area contributed by atoms with Gasteiger partial charge in [-0.05, 0) is 41.8 Å². The SMILES string of the molecule is CC(=O)N1CCCN(Cc2ccccc2)CCN(C(=O)COc2cccc(C(F)(F)F)c2)Cc2cc(F)c(F)cc21. The molecule has 11 heteroatoms. The molecule has 0 radical (unpaired) electrons. The highest BCUT2D eigenvalue weighted by Gasteiger charge is 2.31. The summed E-state index contributed by atoms with van der Waals surface area (Å²) in [5.74, 6) is -3.31. The fraction of sp³-hybridized carbons (Fsp3) is 0.333. The molecule has 0 fully saturated rings. The summed E-state index contributed by atoms with van der Waals surface area (Å²) in [5, 5.41) is 0. The van der Waals surface area contributed by atoms with Crippen LogP contribution in [0.5, 0.6) is 5.75 Å². The first kappa shape index (κ1) is 30.0. The van der Waals surface area contributed by atoms with Crippen molar-refractivity contribution in [1.82, 2.24) is 9.80 Å². The van der Waals surface area contributed by atoms with E-state index in [2.05, 4.69) is 4.90 Å². The maximum atomic E-state index is 14.4. The number of anilines is 1. The highest BCUT2D eigenvalue weighted by Crippen LogP contribution is 2.31. The standard InChI is InChI=1S/C30H30F5N3O3/c1-21(39)38-12-6-11-36(18-22-7-3-2-4-8-22)13-14-37(19-23-15-26(31)27(32)17-28(23)38)29(40)20-41-25-10-5-9-24(16-25)30(33,34)35/h2-5,7-10,15-17H,6,11-14,18-20H2,1H3. The number of amides is 2. The molecule has 0 aromatic heterocycles. The molecule has 3 aromatic carbocycles. The van der Waals surface area contributed by atoms with E-state index in [1.54, 1.807) is 0 Å². The number of hydrogen-bond donors (Lipinski definition) is 0. The molecule has 0 spiro atoms. The molecule has 0 N–H and O–H groups in total. The molecular weight excluding hydrogens is 545 g/mol. The third kappa shape index (κ3) is 8.03. The largest absolute Gasteiger partial charge is 0.484 e. The Hall–Kier alpha value is -3.99. The van der Waals surface area contributed by atoms with E-state index in [0.717, 1.165) is 29.8 Å². The molecule has 0 saturated carbocycles. The topological polar surface area (TPSA) is 53.1 Å². The van der Waals surface area contributed by atoms with Crippen LogP contribution < -0.4 is 9.64 Å². The Labute approximate surface area is 234 Å². The molecule has 0 saturated heterocycles. The zero-order valence-corrected chi connectivity index (χ0v) is 22.5. The zero-order chi connectivity index (χ0) is 29.6. The summed E-state index contributed by atoms with van der Waals surface area (Å²) in [4.78, 5) is 30.8. The predicted molar refractivity (Wildman–Crippen MR) is 143 cm³/mol. The fourth-order valence-corrected chi connectivity index (χ4v) is 4.73. The van der Waals surface area contributed by atoms with Gasteiger partial charge in [-0.25, -0.2) is 8.78 Å². The summed E-state index contributed by atoms with van der Waals surface area (Å²) < 4.78 is 73.4. The third-order valence-electron chi connectivity index (χ3n) is 6.82. The number of hydrogen-bond acceptors (Lipinski definition) is 4. The van der Waals surface area contributed by atoms with Gasteiger partial charge in [-0.3, -0.25) is 14.5 Å². The van der Waals surface area contributed by atoms with Crippen LogP contribution in [-0.4, -0.2) is 54.4 Å². The number of halogens is 5. The average molecular weight is 576 g/mol. The molecule has 218 valence electrons. The summed E-state index contributed by atoms with van der Waals surface area (Å²) in [6, 6.07) is 15.8. The molecule has 0 bridgehead atoms. The fourth-order valence-electron chi connectivity index (χ4n) is 4.73. The summed E-state index contributed by atoms with van der Waals surface area (Å²) in [7, 11) is 0. The van der Waals surface area contributed by atoms with Crippen LogP contribution in [-0.2, 0) is 28.9 Å². The molecule has 4 rings (SSSR count). The molecule has 1 heterocycles. The van der Waals surface area contributed by atoms with E-state index in [0.29, 0.717) is 26.1 Å².